The lowest BCUT2D eigenvalue weighted by molar-refractivity contribution is 0.390. The van der Waals surface area contributed by atoms with Crippen molar-refractivity contribution in [1.82, 2.24) is 5.32 Å². The molecule has 0 amide bonds. The molecule has 5 heteroatoms. The van der Waals surface area contributed by atoms with Crippen molar-refractivity contribution in [3.63, 3.8) is 0 Å². The van der Waals surface area contributed by atoms with Crippen LogP contribution >= 0.6 is 0 Å². The van der Waals surface area contributed by atoms with Crippen LogP contribution in [0.3, 0.4) is 0 Å². The van der Waals surface area contributed by atoms with Crippen LogP contribution in [0.15, 0.2) is 30.3 Å². The lowest BCUT2D eigenvalue weighted by atomic mass is 9.85. The Bertz CT molecular complexity index is 1120. The molecule has 2 atom stereocenters. The Kier molecular flexibility index (Phi) is 5.24. The summed E-state index contributed by atoms with van der Waals surface area (Å²) in [7, 11) is 4.96. The molecule has 2 N–H and O–H groups in total. The molecule has 0 radical (unpaired) electrons. The monoisotopic (exact) mass is 407 g/mol. The maximum absolute atomic E-state index is 11.5. The second-order valence-corrected chi connectivity index (χ2v) is 8.07. The molecule has 3 aromatic rings. The molecule has 0 saturated carbocycles. The quantitative estimate of drug-likeness (QED) is 0.627. The van der Waals surface area contributed by atoms with E-state index in [0.717, 1.165) is 50.9 Å². The van der Waals surface area contributed by atoms with E-state index in [1.807, 2.05) is 25.1 Å². The number of hydrogen-bond donors (Lipinski definition) is 2. The Morgan fingerprint density at radius 3 is 2.30 bits per heavy atom. The van der Waals surface area contributed by atoms with Crippen LogP contribution in [0.25, 0.3) is 21.9 Å². The van der Waals surface area contributed by atoms with Crippen molar-refractivity contribution in [2.75, 3.05) is 21.3 Å². The fraction of sp³-hybridized carbons (Fsp3) is 0.360. The average Bonchev–Trinajstić information content (AvgIpc) is 2.71. The summed E-state index contributed by atoms with van der Waals surface area (Å²) in [6.45, 7) is 6.27. The summed E-state index contributed by atoms with van der Waals surface area (Å²) in [4.78, 5) is 0. The third-order valence-electron chi connectivity index (χ3n) is 6.00. The summed E-state index contributed by atoms with van der Waals surface area (Å²) in [5.41, 5.74) is 4.70. The number of ether oxygens (including phenoxy) is 3. The fourth-order valence-electron chi connectivity index (χ4n) is 4.78. The second kappa shape index (κ2) is 7.73. The number of benzene rings is 3. The van der Waals surface area contributed by atoms with Gasteiger partial charge >= 0.3 is 0 Å². The molecule has 1 aliphatic rings. The first-order valence-electron chi connectivity index (χ1n) is 10.2. The van der Waals surface area contributed by atoms with Gasteiger partial charge in [-0.05, 0) is 73.5 Å². The Balaban J connectivity index is 2.09. The van der Waals surface area contributed by atoms with E-state index in [0.29, 0.717) is 17.4 Å². The summed E-state index contributed by atoms with van der Waals surface area (Å²) in [6, 6.07) is 10.4. The van der Waals surface area contributed by atoms with Gasteiger partial charge in [0, 0.05) is 17.6 Å². The SMILES string of the molecule is COc1cc2c(c(O)c1-c1ccc(OC)c3c(OC)cc(C)cc13)[C@@H](C)N[C@H](C)C2. The molecule has 0 unspecified atom stereocenters. The first-order valence-corrected chi connectivity index (χ1v) is 10.2. The number of fused-ring (bicyclic) bond motifs is 2. The molecule has 1 heterocycles. The van der Waals surface area contributed by atoms with Gasteiger partial charge in [0.2, 0.25) is 0 Å². The normalized spacial score (nSPS) is 18.2. The Morgan fingerprint density at radius 2 is 1.63 bits per heavy atom. The fourth-order valence-corrected chi connectivity index (χ4v) is 4.78. The van der Waals surface area contributed by atoms with Gasteiger partial charge in [-0.15, -0.1) is 0 Å². The number of methoxy groups -OCH3 is 3. The Morgan fingerprint density at radius 1 is 0.933 bits per heavy atom. The van der Waals surface area contributed by atoms with Crippen molar-refractivity contribution in [3.8, 4) is 34.1 Å². The molecule has 30 heavy (non-hydrogen) atoms. The van der Waals surface area contributed by atoms with Gasteiger partial charge in [-0.25, -0.2) is 0 Å². The van der Waals surface area contributed by atoms with Crippen LogP contribution in [-0.4, -0.2) is 32.5 Å². The van der Waals surface area contributed by atoms with Crippen molar-refractivity contribution in [1.29, 1.82) is 0 Å². The van der Waals surface area contributed by atoms with Gasteiger partial charge in [0.15, 0.2) is 0 Å². The molecule has 0 aliphatic carbocycles. The number of hydrogen-bond acceptors (Lipinski definition) is 5. The zero-order chi connectivity index (χ0) is 21.6. The smallest absolute Gasteiger partial charge is 0.132 e. The van der Waals surface area contributed by atoms with Crippen LogP contribution in [0, 0.1) is 6.92 Å². The molecule has 0 aromatic heterocycles. The van der Waals surface area contributed by atoms with Crippen molar-refractivity contribution in [3.05, 3.63) is 47.0 Å². The van der Waals surface area contributed by atoms with Crippen LogP contribution in [0.1, 0.15) is 36.6 Å². The predicted octanol–water partition coefficient (Wildman–Crippen LogP) is 5.14. The maximum Gasteiger partial charge on any atom is 0.132 e. The lowest BCUT2D eigenvalue weighted by Crippen LogP contribution is -2.36. The summed E-state index contributed by atoms with van der Waals surface area (Å²) in [5, 5.41) is 16.8. The topological polar surface area (TPSA) is 60.0 Å². The Hall–Kier alpha value is -2.92. The van der Waals surface area contributed by atoms with Crippen molar-refractivity contribution in [2.24, 2.45) is 0 Å². The van der Waals surface area contributed by atoms with E-state index in [1.165, 1.54) is 0 Å². The van der Waals surface area contributed by atoms with E-state index >= 15 is 0 Å². The molecule has 0 fully saturated rings. The Labute approximate surface area is 177 Å². The van der Waals surface area contributed by atoms with Gasteiger partial charge in [0.05, 0.1) is 32.3 Å². The van der Waals surface area contributed by atoms with E-state index in [1.54, 1.807) is 21.3 Å². The molecule has 3 aromatic carbocycles. The number of rotatable bonds is 4. The number of phenolic OH excluding ortho intramolecular Hbond substituents is 1. The molecule has 4 rings (SSSR count). The van der Waals surface area contributed by atoms with Crippen LogP contribution < -0.4 is 19.5 Å². The van der Waals surface area contributed by atoms with Gasteiger partial charge in [-0.2, -0.15) is 0 Å². The molecule has 158 valence electrons. The van der Waals surface area contributed by atoms with Crippen molar-refractivity contribution in [2.45, 2.75) is 39.3 Å². The van der Waals surface area contributed by atoms with E-state index in [9.17, 15) is 5.11 Å². The zero-order valence-electron chi connectivity index (χ0n) is 18.4. The second-order valence-electron chi connectivity index (χ2n) is 8.07. The molecule has 1 aliphatic heterocycles. The molecule has 0 bridgehead atoms. The summed E-state index contributed by atoms with van der Waals surface area (Å²) < 4.78 is 17.1. The minimum absolute atomic E-state index is 0.0502. The van der Waals surface area contributed by atoms with E-state index in [2.05, 4.69) is 31.3 Å². The lowest BCUT2D eigenvalue weighted by Gasteiger charge is -2.31. The average molecular weight is 408 g/mol. The third-order valence-corrected chi connectivity index (χ3v) is 6.00. The van der Waals surface area contributed by atoms with Gasteiger partial charge in [0.25, 0.3) is 0 Å². The zero-order valence-corrected chi connectivity index (χ0v) is 18.4. The van der Waals surface area contributed by atoms with E-state index in [4.69, 9.17) is 14.2 Å². The minimum Gasteiger partial charge on any atom is -0.507 e. The van der Waals surface area contributed by atoms with E-state index in [-0.39, 0.29) is 11.8 Å². The highest BCUT2D eigenvalue weighted by atomic mass is 16.5. The minimum atomic E-state index is 0.0502. The van der Waals surface area contributed by atoms with Crippen molar-refractivity contribution >= 4 is 10.8 Å². The number of aromatic hydroxyl groups is 1. The highest BCUT2D eigenvalue weighted by molar-refractivity contribution is 6.06. The van der Waals surface area contributed by atoms with Crippen LogP contribution in [-0.2, 0) is 6.42 Å². The molecular formula is C25H29NO4. The first-order chi connectivity index (χ1) is 14.4. The standard InChI is InChI=1S/C25H29NO4/c1-13-9-18-17(7-8-19(28-4)23(18)20(10-13)29-5)24-21(30-6)12-16-11-14(2)26-15(3)22(16)25(24)27/h7-10,12,14-15,26-27H,11H2,1-6H3/t14-,15-/m1/s1. The maximum atomic E-state index is 11.5. The molecular weight excluding hydrogens is 378 g/mol. The van der Waals surface area contributed by atoms with E-state index < -0.39 is 0 Å². The summed E-state index contributed by atoms with van der Waals surface area (Å²) in [6.07, 6.45) is 0.847. The molecule has 0 saturated heterocycles. The van der Waals surface area contributed by atoms with Crippen molar-refractivity contribution < 1.29 is 19.3 Å². The highest BCUT2D eigenvalue weighted by Gasteiger charge is 2.29. The summed E-state index contributed by atoms with van der Waals surface area (Å²) >= 11 is 0. The van der Waals surface area contributed by atoms with Gasteiger partial charge < -0.3 is 24.6 Å². The first kappa shape index (κ1) is 20.4. The van der Waals surface area contributed by atoms with Crippen LogP contribution in [0.4, 0.5) is 0 Å². The molecule has 0 spiro atoms. The van der Waals surface area contributed by atoms with Gasteiger partial charge in [-0.1, -0.05) is 6.07 Å². The molecule has 5 nitrogen and oxygen atoms in total. The number of phenols is 1. The highest BCUT2D eigenvalue weighted by Crippen LogP contribution is 2.49. The largest absolute Gasteiger partial charge is 0.507 e. The van der Waals surface area contributed by atoms with Gasteiger partial charge in [-0.3, -0.25) is 0 Å². The number of aryl methyl sites for hydroxylation is 1. The predicted molar refractivity (Wildman–Crippen MR) is 120 cm³/mol. The third kappa shape index (κ3) is 3.14. The van der Waals surface area contributed by atoms with Crippen LogP contribution in [0.2, 0.25) is 0 Å². The van der Waals surface area contributed by atoms with Gasteiger partial charge in [0.1, 0.15) is 23.0 Å². The summed E-state index contributed by atoms with van der Waals surface area (Å²) in [5.74, 6) is 2.40. The number of nitrogens with one attached hydrogen (secondary N) is 1. The van der Waals surface area contributed by atoms with Crippen LogP contribution in [0.5, 0.6) is 23.0 Å².